The summed E-state index contributed by atoms with van der Waals surface area (Å²) in [6.07, 6.45) is 2.34. The molecule has 2 rings (SSSR count). The topological polar surface area (TPSA) is 40.6 Å². The molecule has 0 heterocycles. The number of benzene rings is 2. The minimum atomic E-state index is -0.671. The van der Waals surface area contributed by atoms with Crippen molar-refractivity contribution in [3.05, 3.63) is 60.7 Å². The summed E-state index contributed by atoms with van der Waals surface area (Å²) in [7, 11) is 3.40. The molecule has 2 aromatic rings. The zero-order valence-corrected chi connectivity index (χ0v) is 15.2. The molecule has 0 fully saturated rings. The zero-order valence-electron chi connectivity index (χ0n) is 15.2. The number of rotatable bonds is 7. The molecule has 0 saturated heterocycles. The molecule has 2 amide bonds. The lowest BCUT2D eigenvalue weighted by atomic mass is 9.98. The second-order valence-corrected chi connectivity index (χ2v) is 6.27. The molecule has 0 bridgehead atoms. The lowest BCUT2D eigenvalue weighted by molar-refractivity contribution is -0.139. The quantitative estimate of drug-likeness (QED) is 0.708. The Morgan fingerprint density at radius 3 is 1.72 bits per heavy atom. The van der Waals surface area contributed by atoms with Crippen LogP contribution in [0.5, 0.6) is 0 Å². The molecular weight excluding hydrogens is 312 g/mol. The SMILES string of the molecule is CCCCC(C(=O)N(C)C)C(=O)N(c1ccccc1)c1ccccc1. The Morgan fingerprint density at radius 2 is 1.32 bits per heavy atom. The molecule has 4 heteroatoms. The lowest BCUT2D eigenvalue weighted by Crippen LogP contribution is -2.41. The third kappa shape index (κ3) is 4.69. The van der Waals surface area contributed by atoms with Crippen LogP contribution in [0.4, 0.5) is 11.4 Å². The van der Waals surface area contributed by atoms with Crippen LogP contribution < -0.4 is 4.90 Å². The van der Waals surface area contributed by atoms with Gasteiger partial charge >= 0.3 is 0 Å². The van der Waals surface area contributed by atoms with Gasteiger partial charge in [0.25, 0.3) is 0 Å². The molecule has 1 unspecified atom stereocenters. The van der Waals surface area contributed by atoms with Gasteiger partial charge in [-0.3, -0.25) is 14.5 Å². The Bertz CT molecular complexity index is 644. The largest absolute Gasteiger partial charge is 0.348 e. The number of unbranched alkanes of at least 4 members (excludes halogenated alkanes) is 1. The highest BCUT2D eigenvalue weighted by atomic mass is 16.2. The van der Waals surface area contributed by atoms with Crippen LogP contribution in [0.25, 0.3) is 0 Å². The van der Waals surface area contributed by atoms with Gasteiger partial charge in [0.1, 0.15) is 5.92 Å². The summed E-state index contributed by atoms with van der Waals surface area (Å²) in [6, 6.07) is 19.0. The molecule has 0 aliphatic heterocycles. The highest BCUT2D eigenvalue weighted by Crippen LogP contribution is 2.28. The van der Waals surface area contributed by atoms with Crippen LogP contribution in [0.15, 0.2) is 60.7 Å². The average molecular weight is 338 g/mol. The van der Waals surface area contributed by atoms with E-state index in [0.29, 0.717) is 6.42 Å². The minimum Gasteiger partial charge on any atom is -0.348 e. The van der Waals surface area contributed by atoms with E-state index in [2.05, 4.69) is 6.92 Å². The zero-order chi connectivity index (χ0) is 18.2. The molecule has 0 N–H and O–H groups in total. The van der Waals surface area contributed by atoms with E-state index in [1.54, 1.807) is 19.0 Å². The minimum absolute atomic E-state index is 0.143. The van der Waals surface area contributed by atoms with Crippen molar-refractivity contribution in [1.82, 2.24) is 4.90 Å². The fourth-order valence-corrected chi connectivity index (χ4v) is 2.79. The fourth-order valence-electron chi connectivity index (χ4n) is 2.79. The first-order valence-corrected chi connectivity index (χ1v) is 8.71. The van der Waals surface area contributed by atoms with Gasteiger partial charge in [0.2, 0.25) is 11.8 Å². The van der Waals surface area contributed by atoms with E-state index in [1.807, 2.05) is 60.7 Å². The standard InChI is InChI=1S/C21H26N2O2/c1-4-5-16-19(20(24)22(2)3)21(25)23(17-12-8-6-9-13-17)18-14-10-7-11-15-18/h6-15,19H,4-5,16H2,1-3H3. The van der Waals surface area contributed by atoms with E-state index in [-0.39, 0.29) is 11.8 Å². The van der Waals surface area contributed by atoms with Crippen molar-refractivity contribution in [3.63, 3.8) is 0 Å². The van der Waals surface area contributed by atoms with Crippen molar-refractivity contribution in [1.29, 1.82) is 0 Å². The molecular formula is C21H26N2O2. The molecule has 0 radical (unpaired) electrons. The first-order chi connectivity index (χ1) is 12.1. The predicted octanol–water partition coefficient (Wildman–Crippen LogP) is 4.25. The lowest BCUT2D eigenvalue weighted by Gasteiger charge is -2.28. The van der Waals surface area contributed by atoms with E-state index in [1.165, 1.54) is 4.90 Å². The van der Waals surface area contributed by atoms with Gasteiger partial charge in [0, 0.05) is 25.5 Å². The third-order valence-corrected chi connectivity index (χ3v) is 4.13. The molecule has 0 aliphatic carbocycles. The van der Waals surface area contributed by atoms with Crippen molar-refractivity contribution >= 4 is 23.2 Å². The van der Waals surface area contributed by atoms with E-state index in [9.17, 15) is 9.59 Å². The van der Waals surface area contributed by atoms with Gasteiger partial charge in [-0.25, -0.2) is 0 Å². The maximum Gasteiger partial charge on any atom is 0.244 e. The second kappa shape index (κ2) is 9.02. The number of anilines is 2. The fraction of sp³-hybridized carbons (Fsp3) is 0.333. The van der Waals surface area contributed by atoms with Gasteiger partial charge in [-0.15, -0.1) is 0 Å². The van der Waals surface area contributed by atoms with E-state index >= 15 is 0 Å². The number of amides is 2. The molecule has 1 atom stereocenters. The molecule has 0 spiro atoms. The highest BCUT2D eigenvalue weighted by Gasteiger charge is 2.32. The van der Waals surface area contributed by atoms with Gasteiger partial charge in [0.05, 0.1) is 0 Å². The molecule has 0 aliphatic rings. The van der Waals surface area contributed by atoms with Crippen LogP contribution >= 0.6 is 0 Å². The smallest absolute Gasteiger partial charge is 0.244 e. The summed E-state index contributed by atoms with van der Waals surface area (Å²) in [5, 5.41) is 0. The van der Waals surface area contributed by atoms with E-state index < -0.39 is 5.92 Å². The molecule has 132 valence electrons. The Hall–Kier alpha value is -2.62. The van der Waals surface area contributed by atoms with Gasteiger partial charge in [-0.05, 0) is 30.7 Å². The number of carbonyl (C=O) groups excluding carboxylic acids is 2. The molecule has 25 heavy (non-hydrogen) atoms. The number of para-hydroxylation sites is 2. The van der Waals surface area contributed by atoms with Gasteiger partial charge < -0.3 is 4.90 Å². The average Bonchev–Trinajstić information content (AvgIpc) is 2.64. The molecule has 0 saturated carbocycles. The Kier molecular flexibility index (Phi) is 6.75. The van der Waals surface area contributed by atoms with Crippen molar-refractivity contribution in [3.8, 4) is 0 Å². The molecule has 2 aromatic carbocycles. The first-order valence-electron chi connectivity index (χ1n) is 8.71. The number of hydrogen-bond acceptors (Lipinski definition) is 2. The summed E-state index contributed by atoms with van der Waals surface area (Å²) in [5.41, 5.74) is 1.54. The maximum atomic E-state index is 13.4. The summed E-state index contributed by atoms with van der Waals surface area (Å²) >= 11 is 0. The van der Waals surface area contributed by atoms with Crippen molar-refractivity contribution in [2.24, 2.45) is 5.92 Å². The predicted molar refractivity (Wildman–Crippen MR) is 102 cm³/mol. The Morgan fingerprint density at radius 1 is 0.840 bits per heavy atom. The van der Waals surface area contributed by atoms with Crippen LogP contribution in [0, 0.1) is 5.92 Å². The van der Waals surface area contributed by atoms with E-state index in [0.717, 1.165) is 24.2 Å². The van der Waals surface area contributed by atoms with Crippen LogP contribution in [0.1, 0.15) is 26.2 Å². The van der Waals surface area contributed by atoms with Crippen LogP contribution in [0.2, 0.25) is 0 Å². The van der Waals surface area contributed by atoms with Crippen LogP contribution in [0.3, 0.4) is 0 Å². The number of hydrogen-bond donors (Lipinski definition) is 0. The van der Waals surface area contributed by atoms with Gasteiger partial charge in [0.15, 0.2) is 0 Å². The third-order valence-electron chi connectivity index (χ3n) is 4.13. The first kappa shape index (κ1) is 18.7. The Labute approximate surface area is 150 Å². The molecule has 4 nitrogen and oxygen atoms in total. The van der Waals surface area contributed by atoms with Crippen LogP contribution in [-0.2, 0) is 9.59 Å². The Balaban J connectivity index is 2.44. The van der Waals surface area contributed by atoms with Crippen LogP contribution in [-0.4, -0.2) is 30.8 Å². The van der Waals surface area contributed by atoms with Crippen molar-refractivity contribution in [2.45, 2.75) is 26.2 Å². The summed E-state index contributed by atoms with van der Waals surface area (Å²) in [5.74, 6) is -0.991. The normalized spacial score (nSPS) is 11.6. The maximum absolute atomic E-state index is 13.4. The van der Waals surface area contributed by atoms with E-state index in [4.69, 9.17) is 0 Å². The summed E-state index contributed by atoms with van der Waals surface area (Å²) in [6.45, 7) is 2.06. The number of carbonyl (C=O) groups is 2. The number of nitrogens with zero attached hydrogens (tertiary/aromatic N) is 2. The van der Waals surface area contributed by atoms with Gasteiger partial charge in [-0.1, -0.05) is 56.2 Å². The summed E-state index contributed by atoms with van der Waals surface area (Å²) < 4.78 is 0. The monoisotopic (exact) mass is 338 g/mol. The van der Waals surface area contributed by atoms with Crippen molar-refractivity contribution < 1.29 is 9.59 Å². The molecule has 0 aromatic heterocycles. The summed E-state index contributed by atoms with van der Waals surface area (Å²) in [4.78, 5) is 29.2. The highest BCUT2D eigenvalue weighted by molar-refractivity contribution is 6.11. The second-order valence-electron chi connectivity index (χ2n) is 6.27. The van der Waals surface area contributed by atoms with Crippen molar-refractivity contribution in [2.75, 3.05) is 19.0 Å². The van der Waals surface area contributed by atoms with Gasteiger partial charge in [-0.2, -0.15) is 0 Å².